The van der Waals surface area contributed by atoms with E-state index in [-0.39, 0.29) is 11.7 Å². The zero-order valence-corrected chi connectivity index (χ0v) is 12.4. The maximum absolute atomic E-state index is 14.2. The molecule has 4 heteroatoms. The fourth-order valence-corrected chi connectivity index (χ4v) is 3.99. The van der Waals surface area contributed by atoms with Gasteiger partial charge in [0.15, 0.2) is 0 Å². The smallest absolute Gasteiger partial charge is 0.128 e. The summed E-state index contributed by atoms with van der Waals surface area (Å²) in [4.78, 5) is 2.47. The molecule has 1 aromatic carbocycles. The highest BCUT2D eigenvalue weighted by Gasteiger charge is 2.33. The molecule has 3 N–H and O–H groups in total. The van der Waals surface area contributed by atoms with Crippen LogP contribution in [0, 0.1) is 17.1 Å². The van der Waals surface area contributed by atoms with Crippen LogP contribution in [0.25, 0.3) is 0 Å². The van der Waals surface area contributed by atoms with Crippen molar-refractivity contribution in [2.45, 2.75) is 51.1 Å². The third-order valence-electron chi connectivity index (χ3n) is 5.10. The largest absolute Gasteiger partial charge is 0.384 e. The lowest BCUT2D eigenvalue weighted by Gasteiger charge is -2.44. The van der Waals surface area contributed by atoms with Crippen molar-refractivity contribution in [2.75, 3.05) is 6.54 Å². The highest BCUT2D eigenvalue weighted by Crippen LogP contribution is 2.36. The summed E-state index contributed by atoms with van der Waals surface area (Å²) in [5, 5.41) is 7.38. The number of piperidine rings is 1. The number of hydrogen-bond donors (Lipinski definition) is 2. The minimum atomic E-state index is -0.236. The molecule has 1 aliphatic carbocycles. The van der Waals surface area contributed by atoms with Gasteiger partial charge in [-0.3, -0.25) is 10.3 Å². The first-order valence-electron chi connectivity index (χ1n) is 8.02. The van der Waals surface area contributed by atoms with Gasteiger partial charge in [-0.15, -0.1) is 0 Å². The van der Waals surface area contributed by atoms with Crippen molar-refractivity contribution in [1.29, 1.82) is 5.41 Å². The van der Waals surface area contributed by atoms with E-state index in [4.69, 9.17) is 11.1 Å². The highest BCUT2D eigenvalue weighted by atomic mass is 19.1. The summed E-state index contributed by atoms with van der Waals surface area (Å²) in [5.74, 6) is 0.499. The Labute approximate surface area is 125 Å². The average Bonchev–Trinajstić information content (AvgIpc) is 2.49. The molecule has 3 rings (SSSR count). The Morgan fingerprint density at radius 3 is 2.76 bits per heavy atom. The molecule has 1 aliphatic heterocycles. The normalized spacial score (nSPS) is 26.3. The van der Waals surface area contributed by atoms with Gasteiger partial charge in [0.05, 0.1) is 0 Å². The van der Waals surface area contributed by atoms with Gasteiger partial charge in [-0.05, 0) is 44.2 Å². The molecule has 2 aliphatic rings. The summed E-state index contributed by atoms with van der Waals surface area (Å²) in [6.45, 7) is 1.76. The number of nitrogen functional groups attached to an aromatic ring is 1. The van der Waals surface area contributed by atoms with Crippen LogP contribution in [-0.4, -0.2) is 23.3 Å². The van der Waals surface area contributed by atoms with Gasteiger partial charge in [0.1, 0.15) is 11.7 Å². The van der Waals surface area contributed by atoms with E-state index >= 15 is 0 Å². The number of benzene rings is 1. The summed E-state index contributed by atoms with van der Waals surface area (Å²) in [6.07, 6.45) is 7.84. The molecule has 114 valence electrons. The molecule has 1 saturated carbocycles. The van der Waals surface area contributed by atoms with E-state index in [2.05, 4.69) is 4.90 Å². The van der Waals surface area contributed by atoms with Crippen LogP contribution in [0.4, 0.5) is 4.39 Å². The summed E-state index contributed by atoms with van der Waals surface area (Å²) in [6, 6.07) is 5.57. The minimum Gasteiger partial charge on any atom is -0.384 e. The van der Waals surface area contributed by atoms with Crippen LogP contribution in [0.15, 0.2) is 18.2 Å². The molecule has 1 aromatic rings. The summed E-state index contributed by atoms with van der Waals surface area (Å²) < 4.78 is 14.2. The van der Waals surface area contributed by atoms with E-state index in [1.165, 1.54) is 44.6 Å². The SMILES string of the molecule is N=C(N)c1ccc(CN2CCC[C@H]3CCCC[C@H]32)c(F)c1. The second-order valence-electron chi connectivity index (χ2n) is 6.44. The monoisotopic (exact) mass is 289 g/mol. The zero-order chi connectivity index (χ0) is 14.8. The van der Waals surface area contributed by atoms with Gasteiger partial charge in [0.25, 0.3) is 0 Å². The molecule has 1 heterocycles. The number of amidine groups is 1. The van der Waals surface area contributed by atoms with E-state index in [1.807, 2.05) is 0 Å². The molecule has 3 nitrogen and oxygen atoms in total. The van der Waals surface area contributed by atoms with E-state index in [9.17, 15) is 4.39 Å². The molecule has 0 amide bonds. The lowest BCUT2D eigenvalue weighted by Crippen LogP contribution is -2.46. The number of rotatable bonds is 3. The van der Waals surface area contributed by atoms with Gasteiger partial charge >= 0.3 is 0 Å². The number of nitrogens with zero attached hydrogens (tertiary/aromatic N) is 1. The molecule has 2 fully saturated rings. The average molecular weight is 289 g/mol. The third-order valence-corrected chi connectivity index (χ3v) is 5.10. The first-order chi connectivity index (χ1) is 10.1. The maximum Gasteiger partial charge on any atom is 0.128 e. The van der Waals surface area contributed by atoms with Crippen LogP contribution in [0.2, 0.25) is 0 Å². The number of fused-ring (bicyclic) bond motifs is 1. The summed E-state index contributed by atoms with van der Waals surface area (Å²) >= 11 is 0. The van der Waals surface area contributed by atoms with Gasteiger partial charge in [0.2, 0.25) is 0 Å². The van der Waals surface area contributed by atoms with Crippen molar-refractivity contribution in [3.05, 3.63) is 35.1 Å². The molecule has 0 spiro atoms. The molecular weight excluding hydrogens is 265 g/mol. The van der Waals surface area contributed by atoms with Gasteiger partial charge in [0, 0.05) is 23.7 Å². The number of nitrogens with two attached hydrogens (primary N) is 1. The van der Waals surface area contributed by atoms with Crippen LogP contribution in [0.5, 0.6) is 0 Å². The first kappa shape index (κ1) is 14.5. The molecule has 2 atom stereocenters. The molecular formula is C17H24FN3. The van der Waals surface area contributed by atoms with Gasteiger partial charge < -0.3 is 5.73 Å². The molecule has 0 radical (unpaired) electrons. The Balaban J connectivity index is 1.74. The van der Waals surface area contributed by atoms with Crippen molar-refractivity contribution >= 4 is 5.84 Å². The standard InChI is InChI=1S/C17H24FN3/c18-15-10-13(17(19)20)7-8-14(15)11-21-9-3-5-12-4-1-2-6-16(12)21/h7-8,10,12,16H,1-6,9,11H2,(H3,19,20)/t12-,16-/m1/s1. The predicted octanol–water partition coefficient (Wildman–Crippen LogP) is 3.26. The van der Waals surface area contributed by atoms with Crippen LogP contribution in [0.1, 0.15) is 49.7 Å². The van der Waals surface area contributed by atoms with Gasteiger partial charge in [-0.1, -0.05) is 25.0 Å². The Morgan fingerprint density at radius 1 is 1.24 bits per heavy atom. The molecule has 0 unspecified atom stereocenters. The van der Waals surface area contributed by atoms with Crippen LogP contribution in [-0.2, 0) is 6.54 Å². The van der Waals surface area contributed by atoms with Crippen LogP contribution in [0.3, 0.4) is 0 Å². The van der Waals surface area contributed by atoms with E-state index in [0.717, 1.165) is 18.0 Å². The number of hydrogen-bond acceptors (Lipinski definition) is 2. The first-order valence-corrected chi connectivity index (χ1v) is 8.02. The summed E-state index contributed by atoms with van der Waals surface area (Å²) in [7, 11) is 0. The van der Waals surface area contributed by atoms with Crippen molar-refractivity contribution in [3.8, 4) is 0 Å². The lowest BCUT2D eigenvalue weighted by molar-refractivity contribution is 0.0539. The van der Waals surface area contributed by atoms with Crippen LogP contribution < -0.4 is 5.73 Å². The van der Waals surface area contributed by atoms with Crippen molar-refractivity contribution in [3.63, 3.8) is 0 Å². The van der Waals surface area contributed by atoms with E-state index in [1.54, 1.807) is 12.1 Å². The number of likely N-dealkylation sites (tertiary alicyclic amines) is 1. The second-order valence-corrected chi connectivity index (χ2v) is 6.44. The third kappa shape index (κ3) is 3.10. The quantitative estimate of drug-likeness (QED) is 0.663. The fraction of sp³-hybridized carbons (Fsp3) is 0.588. The topological polar surface area (TPSA) is 53.1 Å². The van der Waals surface area contributed by atoms with Crippen molar-refractivity contribution in [2.24, 2.45) is 11.7 Å². The Bertz CT molecular complexity index is 527. The summed E-state index contributed by atoms with van der Waals surface area (Å²) in [5.41, 5.74) is 6.60. The molecule has 0 aromatic heterocycles. The fourth-order valence-electron chi connectivity index (χ4n) is 3.99. The maximum atomic E-state index is 14.2. The zero-order valence-electron chi connectivity index (χ0n) is 12.4. The van der Waals surface area contributed by atoms with E-state index in [0.29, 0.717) is 18.2 Å². The molecule has 1 saturated heterocycles. The highest BCUT2D eigenvalue weighted by molar-refractivity contribution is 5.94. The Morgan fingerprint density at radius 2 is 2.00 bits per heavy atom. The van der Waals surface area contributed by atoms with Crippen LogP contribution >= 0.6 is 0 Å². The number of nitrogens with one attached hydrogen (secondary N) is 1. The van der Waals surface area contributed by atoms with Gasteiger partial charge in [-0.2, -0.15) is 0 Å². The Hall–Kier alpha value is -1.42. The second kappa shape index (κ2) is 6.14. The molecule has 0 bridgehead atoms. The molecule has 21 heavy (non-hydrogen) atoms. The predicted molar refractivity (Wildman–Crippen MR) is 82.8 cm³/mol. The lowest BCUT2D eigenvalue weighted by atomic mass is 9.78. The minimum absolute atomic E-state index is 0.0780. The van der Waals surface area contributed by atoms with Crippen molar-refractivity contribution < 1.29 is 4.39 Å². The van der Waals surface area contributed by atoms with E-state index < -0.39 is 0 Å². The van der Waals surface area contributed by atoms with Crippen molar-refractivity contribution in [1.82, 2.24) is 4.90 Å². The van der Waals surface area contributed by atoms with Gasteiger partial charge in [-0.25, -0.2) is 4.39 Å². The number of halogens is 1. The Kier molecular flexibility index (Phi) is 4.24.